The van der Waals surface area contributed by atoms with E-state index in [4.69, 9.17) is 20.8 Å². The summed E-state index contributed by atoms with van der Waals surface area (Å²) in [7, 11) is 0. The molecule has 0 aliphatic carbocycles. The number of ether oxygens (including phenoxy) is 1. The number of rotatable bonds is 10. The van der Waals surface area contributed by atoms with Gasteiger partial charge in [-0.25, -0.2) is 14.4 Å². The van der Waals surface area contributed by atoms with Crippen molar-refractivity contribution >= 4 is 34.0 Å². The number of allylic oxidation sites excluding steroid dienone is 1. The van der Waals surface area contributed by atoms with Crippen LogP contribution in [0, 0.1) is 5.82 Å². The molecule has 3 aromatic carbocycles. The van der Waals surface area contributed by atoms with E-state index in [1.807, 2.05) is 43.3 Å². The number of fused-ring (bicyclic) bond motifs is 1. The van der Waals surface area contributed by atoms with Crippen LogP contribution in [-0.4, -0.2) is 16.5 Å². The number of hydrogen-bond acceptors (Lipinski definition) is 7. The van der Waals surface area contributed by atoms with Crippen LogP contribution >= 0.6 is 11.6 Å². The summed E-state index contributed by atoms with van der Waals surface area (Å²) in [6.45, 7) is 3.42. The average molecular weight is 530 g/mol. The smallest absolute Gasteiger partial charge is 0.165 e. The SMILES string of the molecule is C/C=C/CNCc1ccc(-c2ccc3ncnc(NNc4ccc(Oc5ccccc5F)c(Cl)c4)c3c2)o1. The number of hydrazine groups is 1. The molecule has 0 saturated heterocycles. The van der Waals surface area contributed by atoms with Crippen molar-refractivity contribution in [2.45, 2.75) is 13.5 Å². The van der Waals surface area contributed by atoms with Gasteiger partial charge in [0, 0.05) is 17.5 Å². The summed E-state index contributed by atoms with van der Waals surface area (Å²) in [5.41, 5.74) is 8.58. The number of para-hydroxylation sites is 1. The molecule has 192 valence electrons. The van der Waals surface area contributed by atoms with E-state index in [0.717, 1.165) is 34.5 Å². The number of anilines is 2. The van der Waals surface area contributed by atoms with Gasteiger partial charge in [-0.15, -0.1) is 0 Å². The first-order chi connectivity index (χ1) is 18.6. The van der Waals surface area contributed by atoms with Gasteiger partial charge >= 0.3 is 0 Å². The molecule has 5 aromatic rings. The lowest BCUT2D eigenvalue weighted by Crippen LogP contribution is -2.11. The number of benzene rings is 3. The van der Waals surface area contributed by atoms with Crippen LogP contribution in [0.1, 0.15) is 12.7 Å². The Bertz CT molecular complexity index is 1590. The summed E-state index contributed by atoms with van der Waals surface area (Å²) in [4.78, 5) is 8.77. The van der Waals surface area contributed by atoms with Crippen LogP contribution in [0.4, 0.5) is 15.9 Å². The molecule has 5 rings (SSSR count). The van der Waals surface area contributed by atoms with Gasteiger partial charge in [-0.1, -0.05) is 35.9 Å². The minimum absolute atomic E-state index is 0.102. The van der Waals surface area contributed by atoms with Gasteiger partial charge in [0.25, 0.3) is 0 Å². The lowest BCUT2D eigenvalue weighted by molar-refractivity contribution is 0.442. The highest BCUT2D eigenvalue weighted by atomic mass is 35.5. The summed E-state index contributed by atoms with van der Waals surface area (Å²) < 4.78 is 25.6. The van der Waals surface area contributed by atoms with Gasteiger partial charge < -0.3 is 14.5 Å². The summed E-state index contributed by atoms with van der Waals surface area (Å²) >= 11 is 6.39. The maximum absolute atomic E-state index is 13.9. The summed E-state index contributed by atoms with van der Waals surface area (Å²) in [6, 6.07) is 21.1. The van der Waals surface area contributed by atoms with Gasteiger partial charge in [0.05, 0.1) is 22.8 Å². The third-order valence-corrected chi connectivity index (χ3v) is 5.99. The standard InChI is InChI=1S/C29H25ClFN5O2/c1-2-3-14-32-17-21-10-13-26(37-21)19-8-11-25-22(15-19)29(34-18-33-25)36-35-20-9-12-27(23(30)16-20)38-28-7-5-4-6-24(28)31/h2-13,15-16,18,32,35H,14,17H2,1H3,(H,33,34,36)/b3-2+. The second kappa shape index (κ2) is 11.8. The van der Waals surface area contributed by atoms with E-state index in [1.165, 1.54) is 12.4 Å². The fourth-order valence-electron chi connectivity index (χ4n) is 3.77. The molecule has 2 heterocycles. The number of halogens is 2. The van der Waals surface area contributed by atoms with Gasteiger partial charge in [-0.2, -0.15) is 0 Å². The van der Waals surface area contributed by atoms with Crippen LogP contribution in [0.25, 0.3) is 22.2 Å². The molecular weight excluding hydrogens is 505 g/mol. The number of hydrogen-bond donors (Lipinski definition) is 3. The van der Waals surface area contributed by atoms with Gasteiger partial charge in [-0.3, -0.25) is 10.9 Å². The summed E-state index contributed by atoms with van der Waals surface area (Å²) in [5.74, 6) is 2.18. The number of nitrogens with zero attached hydrogens (tertiary/aromatic N) is 2. The van der Waals surface area contributed by atoms with Crippen LogP contribution in [0.3, 0.4) is 0 Å². The Morgan fingerprint density at radius 3 is 2.71 bits per heavy atom. The Hall–Kier alpha value is -4.40. The molecule has 0 atom stereocenters. The minimum atomic E-state index is -0.464. The molecule has 0 aliphatic heterocycles. The molecule has 2 aromatic heterocycles. The average Bonchev–Trinajstić information content (AvgIpc) is 3.41. The van der Waals surface area contributed by atoms with Crippen molar-refractivity contribution in [2.75, 3.05) is 17.4 Å². The highest BCUT2D eigenvalue weighted by Gasteiger charge is 2.11. The maximum atomic E-state index is 13.9. The normalized spacial score (nSPS) is 11.2. The van der Waals surface area contributed by atoms with E-state index in [2.05, 4.69) is 32.2 Å². The number of furan rings is 1. The third kappa shape index (κ3) is 5.94. The van der Waals surface area contributed by atoms with Crippen molar-refractivity contribution in [1.29, 1.82) is 0 Å². The molecule has 38 heavy (non-hydrogen) atoms. The largest absolute Gasteiger partial charge is 0.460 e. The third-order valence-electron chi connectivity index (χ3n) is 5.69. The molecule has 0 saturated carbocycles. The van der Waals surface area contributed by atoms with Crippen molar-refractivity contribution < 1.29 is 13.5 Å². The molecule has 0 aliphatic rings. The monoisotopic (exact) mass is 529 g/mol. The molecule has 0 bridgehead atoms. The first kappa shape index (κ1) is 25.3. The lowest BCUT2D eigenvalue weighted by atomic mass is 10.1. The predicted octanol–water partition coefficient (Wildman–Crippen LogP) is 7.58. The van der Waals surface area contributed by atoms with E-state index in [0.29, 0.717) is 28.8 Å². The van der Waals surface area contributed by atoms with Gasteiger partial charge in [0.1, 0.15) is 23.6 Å². The van der Waals surface area contributed by atoms with Gasteiger partial charge in [-0.05, 0) is 67.6 Å². The van der Waals surface area contributed by atoms with Crippen molar-refractivity contribution in [2.24, 2.45) is 0 Å². The zero-order chi connectivity index (χ0) is 26.3. The molecule has 0 amide bonds. The Morgan fingerprint density at radius 2 is 1.87 bits per heavy atom. The van der Waals surface area contributed by atoms with Crippen LogP contribution in [-0.2, 0) is 6.54 Å². The highest BCUT2D eigenvalue weighted by molar-refractivity contribution is 6.32. The van der Waals surface area contributed by atoms with Crippen LogP contribution in [0.2, 0.25) is 5.02 Å². The topological polar surface area (TPSA) is 84.2 Å². The zero-order valence-corrected chi connectivity index (χ0v) is 21.3. The molecule has 7 nitrogen and oxygen atoms in total. The Kier molecular flexibility index (Phi) is 7.82. The predicted molar refractivity (Wildman–Crippen MR) is 149 cm³/mol. The molecule has 0 spiro atoms. The van der Waals surface area contributed by atoms with E-state index < -0.39 is 5.82 Å². The second-order valence-electron chi connectivity index (χ2n) is 8.35. The summed E-state index contributed by atoms with van der Waals surface area (Å²) in [6.07, 6.45) is 5.55. The molecule has 9 heteroatoms. The highest BCUT2D eigenvalue weighted by Crippen LogP contribution is 2.33. The fraction of sp³-hybridized carbons (Fsp3) is 0.103. The van der Waals surface area contributed by atoms with Crippen molar-refractivity contribution in [3.63, 3.8) is 0 Å². The van der Waals surface area contributed by atoms with Crippen LogP contribution in [0.15, 0.2) is 95.7 Å². The lowest BCUT2D eigenvalue weighted by Gasteiger charge is -2.13. The molecule has 0 fully saturated rings. The number of aromatic nitrogens is 2. The van der Waals surface area contributed by atoms with E-state index >= 15 is 0 Å². The molecule has 3 N–H and O–H groups in total. The second-order valence-corrected chi connectivity index (χ2v) is 8.75. The minimum Gasteiger partial charge on any atom is -0.460 e. The zero-order valence-electron chi connectivity index (χ0n) is 20.5. The molecule has 0 radical (unpaired) electrons. The Morgan fingerprint density at radius 1 is 0.974 bits per heavy atom. The molecular formula is C29H25ClFN5O2. The molecule has 0 unspecified atom stereocenters. The van der Waals surface area contributed by atoms with E-state index in [1.54, 1.807) is 36.4 Å². The summed E-state index contributed by atoms with van der Waals surface area (Å²) in [5, 5.41) is 4.44. The van der Waals surface area contributed by atoms with E-state index in [9.17, 15) is 4.39 Å². The van der Waals surface area contributed by atoms with Crippen LogP contribution < -0.4 is 20.9 Å². The first-order valence-electron chi connectivity index (χ1n) is 12.0. The quantitative estimate of drug-likeness (QED) is 0.0976. The van der Waals surface area contributed by atoms with E-state index in [-0.39, 0.29) is 5.75 Å². The maximum Gasteiger partial charge on any atom is 0.165 e. The number of nitrogens with one attached hydrogen (secondary N) is 3. The Labute approximate surface area is 224 Å². The van der Waals surface area contributed by atoms with Gasteiger partial charge in [0.2, 0.25) is 0 Å². The van der Waals surface area contributed by atoms with Gasteiger partial charge in [0.15, 0.2) is 17.4 Å². The van der Waals surface area contributed by atoms with Crippen LogP contribution in [0.5, 0.6) is 11.5 Å². The Balaban J connectivity index is 1.30. The van der Waals surface area contributed by atoms with Crippen molar-refractivity contribution in [3.05, 3.63) is 108 Å². The van der Waals surface area contributed by atoms with Crippen molar-refractivity contribution in [3.8, 4) is 22.8 Å². The van der Waals surface area contributed by atoms with Crippen molar-refractivity contribution in [1.82, 2.24) is 15.3 Å². The fourth-order valence-corrected chi connectivity index (χ4v) is 3.99. The first-order valence-corrected chi connectivity index (χ1v) is 12.4.